The Morgan fingerprint density at radius 3 is 2.56 bits per heavy atom. The van der Waals surface area contributed by atoms with Crippen molar-refractivity contribution in [2.24, 2.45) is 0 Å². The van der Waals surface area contributed by atoms with E-state index in [1.807, 2.05) is 0 Å². The number of aliphatic hydroxyl groups excluding tert-OH is 1. The largest absolute Gasteiger partial charge is 0.394 e. The highest BCUT2D eigenvalue weighted by Crippen LogP contribution is 2.20. The van der Waals surface area contributed by atoms with E-state index in [-0.39, 0.29) is 17.5 Å². The van der Waals surface area contributed by atoms with Crippen molar-refractivity contribution in [3.63, 3.8) is 0 Å². The minimum Gasteiger partial charge on any atom is -0.394 e. The number of aliphatic hydroxyl groups is 1. The van der Waals surface area contributed by atoms with Gasteiger partial charge in [0.15, 0.2) is 0 Å². The van der Waals surface area contributed by atoms with Gasteiger partial charge >= 0.3 is 0 Å². The van der Waals surface area contributed by atoms with Crippen molar-refractivity contribution in [2.45, 2.75) is 17.9 Å². The fraction of sp³-hybridized carbons (Fsp3) is 0.400. The van der Waals surface area contributed by atoms with Crippen molar-refractivity contribution in [2.75, 3.05) is 19.0 Å². The molecule has 1 rings (SSSR count). The molecule has 0 saturated heterocycles. The van der Waals surface area contributed by atoms with E-state index in [0.717, 1.165) is 0 Å². The summed E-state index contributed by atoms with van der Waals surface area (Å²) in [4.78, 5) is 0.179. The smallest absolute Gasteiger partial charge is 0.242 e. The van der Waals surface area contributed by atoms with Crippen LogP contribution in [0.2, 0.25) is 0 Å². The second kappa shape index (κ2) is 5.29. The molecule has 90 valence electrons. The van der Waals surface area contributed by atoms with Gasteiger partial charge in [-0.3, -0.25) is 0 Å². The van der Waals surface area contributed by atoms with Crippen molar-refractivity contribution in [3.05, 3.63) is 24.3 Å². The van der Waals surface area contributed by atoms with E-state index in [1.54, 1.807) is 25.1 Å². The summed E-state index contributed by atoms with van der Waals surface area (Å²) in [6.45, 7) is 1.71. The number of hydrogen-bond donors (Lipinski definition) is 3. The summed E-state index contributed by atoms with van der Waals surface area (Å²) in [5.74, 6) is 0. The first-order valence-electron chi connectivity index (χ1n) is 4.91. The lowest BCUT2D eigenvalue weighted by atomic mass is 10.3. The van der Waals surface area contributed by atoms with E-state index in [0.29, 0.717) is 5.69 Å². The molecule has 0 aliphatic rings. The van der Waals surface area contributed by atoms with Gasteiger partial charge in [0.05, 0.1) is 12.3 Å². The fourth-order valence-electron chi connectivity index (χ4n) is 1.24. The van der Waals surface area contributed by atoms with Gasteiger partial charge in [-0.25, -0.2) is 13.1 Å². The van der Waals surface area contributed by atoms with E-state index in [9.17, 15) is 8.42 Å². The monoisotopic (exact) mass is 244 g/mol. The quantitative estimate of drug-likeness (QED) is 0.700. The predicted octanol–water partition coefficient (Wildman–Crippen LogP) is 0.387. The van der Waals surface area contributed by atoms with E-state index in [2.05, 4.69) is 10.0 Å². The zero-order chi connectivity index (χ0) is 12.2. The van der Waals surface area contributed by atoms with Gasteiger partial charge in [-0.1, -0.05) is 12.1 Å². The molecule has 16 heavy (non-hydrogen) atoms. The molecule has 0 heterocycles. The maximum Gasteiger partial charge on any atom is 0.242 e. The lowest BCUT2D eigenvalue weighted by Gasteiger charge is -2.15. The Morgan fingerprint density at radius 2 is 2.00 bits per heavy atom. The Bertz CT molecular complexity index is 445. The van der Waals surface area contributed by atoms with Gasteiger partial charge in [-0.2, -0.15) is 0 Å². The topological polar surface area (TPSA) is 78.4 Å². The summed E-state index contributed by atoms with van der Waals surface area (Å²) < 4.78 is 25.6. The van der Waals surface area contributed by atoms with Crippen LogP contribution < -0.4 is 10.0 Å². The number of rotatable bonds is 5. The number of nitrogens with one attached hydrogen (secondary N) is 2. The Hall–Kier alpha value is -1.11. The van der Waals surface area contributed by atoms with E-state index in [1.165, 1.54) is 13.1 Å². The minimum absolute atomic E-state index is 0.0616. The molecule has 0 aliphatic heterocycles. The van der Waals surface area contributed by atoms with Gasteiger partial charge < -0.3 is 10.4 Å². The Labute approximate surface area is 95.5 Å². The molecular weight excluding hydrogens is 228 g/mol. The molecular formula is C10H16N2O3S. The zero-order valence-corrected chi connectivity index (χ0v) is 10.1. The molecule has 0 saturated carbocycles. The molecule has 6 heteroatoms. The Balaban J connectivity index is 3.11. The third-order valence-corrected chi connectivity index (χ3v) is 3.59. The van der Waals surface area contributed by atoms with Crippen LogP contribution in [0.1, 0.15) is 6.92 Å². The van der Waals surface area contributed by atoms with E-state index >= 15 is 0 Å². The molecule has 0 aromatic heterocycles. The Kier molecular flexibility index (Phi) is 4.28. The van der Waals surface area contributed by atoms with Gasteiger partial charge in [-0.15, -0.1) is 0 Å². The van der Waals surface area contributed by atoms with Gasteiger partial charge in [0.1, 0.15) is 4.90 Å². The molecule has 3 N–H and O–H groups in total. The third-order valence-electron chi connectivity index (χ3n) is 2.12. The predicted molar refractivity (Wildman–Crippen MR) is 62.9 cm³/mol. The number of anilines is 1. The SMILES string of the molecule is CNS(=O)(=O)c1ccccc1NC(C)CO. The standard InChI is InChI=1S/C10H16N2O3S/c1-8(7-13)12-9-5-3-4-6-10(9)16(14,15)11-2/h3-6,8,11-13H,7H2,1-2H3. The molecule has 1 aromatic rings. The minimum atomic E-state index is -3.48. The molecule has 0 spiro atoms. The van der Waals surface area contributed by atoms with Gasteiger partial charge in [0.25, 0.3) is 0 Å². The van der Waals surface area contributed by atoms with Gasteiger partial charge in [0, 0.05) is 6.04 Å². The number of hydrogen-bond acceptors (Lipinski definition) is 4. The van der Waals surface area contributed by atoms with Gasteiger partial charge in [-0.05, 0) is 26.1 Å². The maximum absolute atomic E-state index is 11.7. The van der Waals surface area contributed by atoms with Crippen molar-refractivity contribution < 1.29 is 13.5 Å². The van der Waals surface area contributed by atoms with Crippen LogP contribution in [-0.2, 0) is 10.0 Å². The third kappa shape index (κ3) is 2.94. The summed E-state index contributed by atoms with van der Waals surface area (Å²) in [6.07, 6.45) is 0. The van der Waals surface area contributed by atoms with Crippen LogP contribution in [-0.4, -0.2) is 33.2 Å². The first kappa shape index (κ1) is 13.0. The van der Waals surface area contributed by atoms with Crippen LogP contribution in [0.15, 0.2) is 29.2 Å². The van der Waals surface area contributed by atoms with Crippen LogP contribution >= 0.6 is 0 Å². The molecule has 0 radical (unpaired) electrons. The van der Waals surface area contributed by atoms with Crippen LogP contribution in [0.5, 0.6) is 0 Å². The average molecular weight is 244 g/mol. The molecule has 0 bridgehead atoms. The second-order valence-corrected chi connectivity index (χ2v) is 5.29. The van der Waals surface area contributed by atoms with Crippen LogP contribution in [0.25, 0.3) is 0 Å². The summed E-state index contributed by atoms with van der Waals surface area (Å²) in [5, 5.41) is 11.9. The second-order valence-electron chi connectivity index (χ2n) is 3.43. The highest BCUT2D eigenvalue weighted by atomic mass is 32.2. The summed E-state index contributed by atoms with van der Waals surface area (Å²) in [7, 11) is -2.11. The van der Waals surface area contributed by atoms with Crippen LogP contribution in [0, 0.1) is 0 Å². The molecule has 1 aromatic carbocycles. The van der Waals surface area contributed by atoms with Crippen molar-refractivity contribution in [1.29, 1.82) is 0 Å². The number of para-hydroxylation sites is 1. The van der Waals surface area contributed by atoms with Gasteiger partial charge in [0.2, 0.25) is 10.0 Å². The van der Waals surface area contributed by atoms with Crippen molar-refractivity contribution >= 4 is 15.7 Å². The van der Waals surface area contributed by atoms with Crippen LogP contribution in [0.4, 0.5) is 5.69 Å². The highest BCUT2D eigenvalue weighted by molar-refractivity contribution is 7.89. The fourth-order valence-corrected chi connectivity index (χ4v) is 2.14. The summed E-state index contributed by atoms with van der Waals surface area (Å²) >= 11 is 0. The summed E-state index contributed by atoms with van der Waals surface area (Å²) in [5.41, 5.74) is 0.485. The first-order valence-corrected chi connectivity index (χ1v) is 6.39. The van der Waals surface area contributed by atoms with Crippen molar-refractivity contribution in [3.8, 4) is 0 Å². The zero-order valence-electron chi connectivity index (χ0n) is 9.27. The molecule has 1 atom stereocenters. The average Bonchev–Trinajstić information content (AvgIpc) is 2.29. The molecule has 0 amide bonds. The summed E-state index contributed by atoms with van der Waals surface area (Å²) in [6, 6.07) is 6.36. The molecule has 5 nitrogen and oxygen atoms in total. The first-order chi connectivity index (χ1) is 7.51. The molecule has 0 aliphatic carbocycles. The number of sulfonamides is 1. The van der Waals surface area contributed by atoms with E-state index < -0.39 is 10.0 Å². The maximum atomic E-state index is 11.7. The molecule has 0 fully saturated rings. The van der Waals surface area contributed by atoms with E-state index in [4.69, 9.17) is 5.11 Å². The van der Waals surface area contributed by atoms with Crippen LogP contribution in [0.3, 0.4) is 0 Å². The Morgan fingerprint density at radius 1 is 1.38 bits per heavy atom. The highest BCUT2D eigenvalue weighted by Gasteiger charge is 2.16. The normalized spacial score (nSPS) is 13.4. The number of benzene rings is 1. The lowest BCUT2D eigenvalue weighted by Crippen LogP contribution is -2.24. The van der Waals surface area contributed by atoms with Crippen molar-refractivity contribution in [1.82, 2.24) is 4.72 Å². The lowest BCUT2D eigenvalue weighted by molar-refractivity contribution is 0.281. The molecule has 1 unspecified atom stereocenters.